The van der Waals surface area contributed by atoms with Crippen LogP contribution in [0.5, 0.6) is 0 Å². The van der Waals surface area contributed by atoms with Crippen molar-refractivity contribution in [1.82, 2.24) is 10.2 Å². The van der Waals surface area contributed by atoms with E-state index < -0.39 is 0 Å². The molecule has 1 aliphatic rings. The molecule has 0 aromatic heterocycles. The van der Waals surface area contributed by atoms with Gasteiger partial charge in [0.2, 0.25) is 0 Å². The van der Waals surface area contributed by atoms with Crippen molar-refractivity contribution in [3.63, 3.8) is 0 Å². The molecule has 0 radical (unpaired) electrons. The van der Waals surface area contributed by atoms with E-state index in [-0.39, 0.29) is 11.9 Å². The number of nitrogens with zero attached hydrogens (tertiary/aromatic N) is 2. The Kier molecular flexibility index (Phi) is 6.55. The van der Waals surface area contributed by atoms with E-state index in [0.717, 1.165) is 24.2 Å². The van der Waals surface area contributed by atoms with E-state index in [4.69, 9.17) is 10.5 Å². The molecule has 23 heavy (non-hydrogen) atoms. The lowest BCUT2D eigenvalue weighted by molar-refractivity contribution is 0.0179. The molecule has 126 valence electrons. The zero-order chi connectivity index (χ0) is 16.7. The summed E-state index contributed by atoms with van der Waals surface area (Å²) >= 11 is 0. The van der Waals surface area contributed by atoms with E-state index in [0.29, 0.717) is 32.3 Å². The maximum atomic E-state index is 13.2. The zero-order valence-electron chi connectivity index (χ0n) is 13.6. The molecule has 0 aliphatic carbocycles. The number of benzene rings is 1. The van der Waals surface area contributed by atoms with Gasteiger partial charge in [-0.1, -0.05) is 24.3 Å². The molecule has 1 aliphatic heterocycles. The molecule has 1 fully saturated rings. The fourth-order valence-electron chi connectivity index (χ4n) is 2.49. The first-order valence-corrected chi connectivity index (χ1v) is 7.81. The number of hydrogen-bond acceptors (Lipinski definition) is 3. The van der Waals surface area contributed by atoms with Gasteiger partial charge in [-0.15, -0.1) is 0 Å². The van der Waals surface area contributed by atoms with Crippen LogP contribution in [0.3, 0.4) is 0 Å². The normalized spacial score (nSPS) is 17.7. The Balaban J connectivity index is 2.08. The molecule has 1 unspecified atom stereocenters. The molecule has 3 N–H and O–H groups in total. The van der Waals surface area contributed by atoms with Gasteiger partial charge in [0, 0.05) is 19.6 Å². The lowest BCUT2D eigenvalue weighted by atomic mass is 10.0. The summed E-state index contributed by atoms with van der Waals surface area (Å²) in [6.07, 6.45) is 0. The Bertz CT molecular complexity index is 538. The summed E-state index contributed by atoms with van der Waals surface area (Å²) in [4.78, 5) is 6.73. The van der Waals surface area contributed by atoms with Crippen LogP contribution in [0.15, 0.2) is 41.4 Å². The molecule has 1 aromatic carbocycles. The highest BCUT2D eigenvalue weighted by Crippen LogP contribution is 2.22. The second kappa shape index (κ2) is 8.64. The molecule has 0 amide bonds. The van der Waals surface area contributed by atoms with Crippen LogP contribution in [0.25, 0.3) is 0 Å². The fraction of sp³-hybridized carbons (Fsp3) is 0.471. The molecule has 0 bridgehead atoms. The molecule has 2 rings (SSSR count). The van der Waals surface area contributed by atoms with Crippen LogP contribution in [0, 0.1) is 5.82 Å². The summed E-state index contributed by atoms with van der Waals surface area (Å²) in [6, 6.07) is 6.64. The average Bonchev–Trinajstić information content (AvgIpc) is 2.55. The first-order chi connectivity index (χ1) is 11.1. The van der Waals surface area contributed by atoms with E-state index in [1.165, 1.54) is 12.1 Å². The summed E-state index contributed by atoms with van der Waals surface area (Å²) in [5.74, 6) is 0.161. The molecule has 1 atom stereocenters. The standard InChI is InChI=1S/C17H25FN4O/c1-13(2)11-20-17(19)21-12-16(22-7-9-23-10-8-22)14-3-5-15(18)6-4-14/h3-6,16H,1,7-12H2,2H3,(H3,19,20,21). The van der Waals surface area contributed by atoms with Crippen LogP contribution in [0.2, 0.25) is 0 Å². The monoisotopic (exact) mass is 320 g/mol. The SMILES string of the molecule is C=C(C)CNC(N)=NCC(c1ccc(F)cc1)N1CCOCC1. The van der Waals surface area contributed by atoms with Crippen molar-refractivity contribution < 1.29 is 9.13 Å². The number of halogens is 1. The lowest BCUT2D eigenvalue weighted by Gasteiger charge is -2.34. The van der Waals surface area contributed by atoms with Gasteiger partial charge >= 0.3 is 0 Å². The van der Waals surface area contributed by atoms with Crippen molar-refractivity contribution in [2.45, 2.75) is 13.0 Å². The van der Waals surface area contributed by atoms with E-state index >= 15 is 0 Å². The minimum absolute atomic E-state index is 0.0599. The lowest BCUT2D eigenvalue weighted by Crippen LogP contribution is -2.41. The van der Waals surface area contributed by atoms with Gasteiger partial charge < -0.3 is 15.8 Å². The molecule has 0 saturated carbocycles. The highest BCUT2D eigenvalue weighted by atomic mass is 19.1. The second-order valence-electron chi connectivity index (χ2n) is 5.75. The number of morpholine rings is 1. The second-order valence-corrected chi connectivity index (χ2v) is 5.75. The van der Waals surface area contributed by atoms with Crippen molar-refractivity contribution >= 4 is 5.96 Å². The molecule has 5 nitrogen and oxygen atoms in total. The Hall–Kier alpha value is -1.92. The quantitative estimate of drug-likeness (QED) is 0.475. The van der Waals surface area contributed by atoms with Crippen molar-refractivity contribution in [3.05, 3.63) is 47.8 Å². The number of guanidine groups is 1. The van der Waals surface area contributed by atoms with Gasteiger partial charge in [-0.05, 0) is 24.6 Å². The molecule has 1 aromatic rings. The molecule has 6 heteroatoms. The fourth-order valence-corrected chi connectivity index (χ4v) is 2.49. The van der Waals surface area contributed by atoms with Crippen LogP contribution in [-0.4, -0.2) is 50.3 Å². The van der Waals surface area contributed by atoms with Gasteiger partial charge in [-0.2, -0.15) is 0 Å². The zero-order valence-corrected chi connectivity index (χ0v) is 13.6. The molecule has 0 spiro atoms. The number of aliphatic imine (C=N–C) groups is 1. The molecular formula is C17H25FN4O. The van der Waals surface area contributed by atoms with Crippen LogP contribution in [-0.2, 0) is 4.74 Å². The van der Waals surface area contributed by atoms with Crippen LogP contribution < -0.4 is 11.1 Å². The van der Waals surface area contributed by atoms with Crippen LogP contribution >= 0.6 is 0 Å². The third kappa shape index (κ3) is 5.65. The minimum Gasteiger partial charge on any atom is -0.379 e. The summed E-state index contributed by atoms with van der Waals surface area (Å²) in [5.41, 5.74) is 7.92. The highest BCUT2D eigenvalue weighted by molar-refractivity contribution is 5.78. The predicted molar refractivity (Wildman–Crippen MR) is 90.8 cm³/mol. The van der Waals surface area contributed by atoms with Crippen molar-refractivity contribution in [2.75, 3.05) is 39.4 Å². The highest BCUT2D eigenvalue weighted by Gasteiger charge is 2.22. The number of ether oxygens (including phenoxy) is 1. The topological polar surface area (TPSA) is 62.9 Å². The van der Waals surface area contributed by atoms with Crippen molar-refractivity contribution in [1.29, 1.82) is 0 Å². The third-order valence-electron chi connectivity index (χ3n) is 3.75. The summed E-state index contributed by atoms with van der Waals surface area (Å²) in [5, 5.41) is 3.03. The number of hydrogen-bond donors (Lipinski definition) is 2. The smallest absolute Gasteiger partial charge is 0.188 e. The van der Waals surface area contributed by atoms with Crippen molar-refractivity contribution in [3.8, 4) is 0 Å². The number of nitrogens with two attached hydrogens (primary N) is 1. The van der Waals surface area contributed by atoms with Gasteiger partial charge in [0.15, 0.2) is 5.96 Å². The minimum atomic E-state index is -0.236. The van der Waals surface area contributed by atoms with E-state index in [2.05, 4.69) is 21.8 Å². The van der Waals surface area contributed by atoms with Crippen LogP contribution in [0.1, 0.15) is 18.5 Å². The first-order valence-electron chi connectivity index (χ1n) is 7.81. The molecular weight excluding hydrogens is 295 g/mol. The number of rotatable bonds is 6. The van der Waals surface area contributed by atoms with Gasteiger partial charge in [0.05, 0.1) is 25.8 Å². The van der Waals surface area contributed by atoms with E-state index in [9.17, 15) is 4.39 Å². The Morgan fingerprint density at radius 3 is 2.65 bits per heavy atom. The molecule has 1 heterocycles. The van der Waals surface area contributed by atoms with Crippen LogP contribution in [0.4, 0.5) is 4.39 Å². The Labute approximate surface area is 137 Å². The number of nitrogens with one attached hydrogen (secondary N) is 1. The molecule has 1 saturated heterocycles. The maximum absolute atomic E-state index is 13.2. The van der Waals surface area contributed by atoms with Gasteiger partial charge in [0.1, 0.15) is 5.82 Å². The van der Waals surface area contributed by atoms with Crippen molar-refractivity contribution in [2.24, 2.45) is 10.7 Å². The first kappa shape index (κ1) is 17.4. The largest absolute Gasteiger partial charge is 0.379 e. The predicted octanol–water partition coefficient (Wildman–Crippen LogP) is 1.68. The maximum Gasteiger partial charge on any atom is 0.188 e. The summed E-state index contributed by atoms with van der Waals surface area (Å²) in [6.45, 7) is 9.93. The Morgan fingerprint density at radius 2 is 2.04 bits per heavy atom. The van der Waals surface area contributed by atoms with E-state index in [1.54, 1.807) is 0 Å². The van der Waals surface area contributed by atoms with Gasteiger partial charge in [0.25, 0.3) is 0 Å². The van der Waals surface area contributed by atoms with E-state index in [1.807, 2.05) is 19.1 Å². The Morgan fingerprint density at radius 1 is 1.39 bits per heavy atom. The summed E-state index contributed by atoms with van der Waals surface area (Å²) in [7, 11) is 0. The average molecular weight is 320 g/mol. The van der Waals surface area contributed by atoms with Gasteiger partial charge in [-0.25, -0.2) is 4.39 Å². The van der Waals surface area contributed by atoms with Gasteiger partial charge in [-0.3, -0.25) is 9.89 Å². The third-order valence-corrected chi connectivity index (χ3v) is 3.75. The summed E-state index contributed by atoms with van der Waals surface area (Å²) < 4.78 is 18.6.